The Bertz CT molecular complexity index is 734. The van der Waals surface area contributed by atoms with Gasteiger partial charge >= 0.3 is 5.97 Å². The van der Waals surface area contributed by atoms with Gasteiger partial charge in [-0.25, -0.2) is 0 Å². The first-order valence-corrected chi connectivity index (χ1v) is 6.36. The van der Waals surface area contributed by atoms with Crippen molar-refractivity contribution in [2.24, 2.45) is 0 Å². The fourth-order valence-corrected chi connectivity index (χ4v) is 1.41. The first kappa shape index (κ1) is 17.0. The highest BCUT2D eigenvalue weighted by Crippen LogP contribution is 1.97. The van der Waals surface area contributed by atoms with E-state index >= 15 is 0 Å². The minimum atomic E-state index is -0.597. The second-order valence-corrected chi connectivity index (χ2v) is 4.02. The van der Waals surface area contributed by atoms with E-state index in [2.05, 4.69) is 9.72 Å². The second-order valence-electron chi connectivity index (χ2n) is 4.02. The number of rotatable bonds is 3. The molecule has 22 heavy (non-hydrogen) atoms. The highest BCUT2D eigenvalue weighted by molar-refractivity contribution is 5.69. The molecule has 0 aliphatic carbocycles. The Morgan fingerprint density at radius 3 is 2.45 bits per heavy atom. The molecule has 0 aliphatic heterocycles. The number of ether oxygens (including phenoxy) is 1. The van der Waals surface area contributed by atoms with Gasteiger partial charge in [-0.15, -0.1) is 0 Å². The summed E-state index contributed by atoms with van der Waals surface area (Å²) in [4.78, 5) is 34.8. The number of nitrogens with one attached hydrogen (secondary N) is 1. The first-order valence-electron chi connectivity index (χ1n) is 6.36. The number of aromatic nitrogens is 2. The molecule has 0 spiro atoms. The van der Waals surface area contributed by atoms with E-state index in [0.29, 0.717) is 0 Å². The Kier molecular flexibility index (Phi) is 6.42. The minimum absolute atomic E-state index is 0.179. The summed E-state index contributed by atoms with van der Waals surface area (Å²) in [5.74, 6) is -1.12. The van der Waals surface area contributed by atoms with Crippen molar-refractivity contribution in [3.05, 3.63) is 57.4 Å². The van der Waals surface area contributed by atoms with E-state index in [1.807, 2.05) is 0 Å². The van der Waals surface area contributed by atoms with Crippen LogP contribution in [0.25, 0.3) is 0 Å². The molecule has 0 atom stereocenters. The van der Waals surface area contributed by atoms with Gasteiger partial charge in [-0.1, -0.05) is 0 Å². The van der Waals surface area contributed by atoms with Crippen molar-refractivity contribution in [3.63, 3.8) is 0 Å². The van der Waals surface area contributed by atoms with E-state index in [-0.39, 0.29) is 24.7 Å². The molecule has 0 unspecified atom stereocenters. The Hall–Kier alpha value is -3.03. The summed E-state index contributed by atoms with van der Waals surface area (Å²) in [7, 11) is 0. The Morgan fingerprint density at radius 2 is 1.91 bits per heavy atom. The zero-order chi connectivity index (χ0) is 16.5. The third-order valence-corrected chi connectivity index (χ3v) is 2.40. The van der Waals surface area contributed by atoms with E-state index in [9.17, 15) is 14.4 Å². The molecule has 2 heterocycles. The Morgan fingerprint density at radius 1 is 1.23 bits per heavy atom. The molecule has 0 amide bonds. The molecule has 2 aromatic heterocycles. The van der Waals surface area contributed by atoms with E-state index in [1.165, 1.54) is 30.6 Å². The van der Waals surface area contributed by atoms with E-state index in [4.69, 9.17) is 10.2 Å². The van der Waals surface area contributed by atoms with Crippen LogP contribution in [0.1, 0.15) is 6.92 Å². The van der Waals surface area contributed by atoms with Gasteiger partial charge in [-0.05, 0) is 31.2 Å². The molecule has 0 aliphatic rings. The number of hydrogen-bond donors (Lipinski definition) is 3. The molecule has 0 saturated heterocycles. The number of esters is 1. The number of pyridine rings is 2. The van der Waals surface area contributed by atoms with Crippen LogP contribution in [0.5, 0.6) is 11.5 Å². The van der Waals surface area contributed by atoms with E-state index in [1.54, 1.807) is 13.0 Å². The smallest absolute Gasteiger partial charge is 0.326 e. The van der Waals surface area contributed by atoms with Gasteiger partial charge < -0.3 is 24.5 Å². The Labute approximate surface area is 125 Å². The maximum atomic E-state index is 11.2. The number of H-pyrrole nitrogens is 1. The highest BCUT2D eigenvalue weighted by atomic mass is 16.5. The van der Waals surface area contributed by atoms with Crippen LogP contribution in [0.2, 0.25) is 0 Å². The van der Waals surface area contributed by atoms with Crippen LogP contribution >= 0.6 is 0 Å². The lowest BCUT2D eigenvalue weighted by molar-refractivity contribution is -0.143. The largest absolute Gasteiger partial charge is 0.503 e. The van der Waals surface area contributed by atoms with Crippen molar-refractivity contribution < 1.29 is 19.7 Å². The van der Waals surface area contributed by atoms with Crippen LogP contribution < -0.4 is 11.1 Å². The molecule has 3 N–H and O–H groups in total. The molecule has 8 heteroatoms. The fourth-order valence-electron chi connectivity index (χ4n) is 1.41. The predicted octanol–water partition coefficient (Wildman–Crippen LogP) is 0.197. The number of carbonyl (C=O) groups excluding carboxylic acids is 1. The number of hydrogen-bond acceptors (Lipinski definition) is 6. The molecule has 8 nitrogen and oxygen atoms in total. The predicted molar refractivity (Wildman–Crippen MR) is 77.7 cm³/mol. The van der Waals surface area contributed by atoms with Crippen molar-refractivity contribution in [2.45, 2.75) is 13.5 Å². The SMILES string of the molecule is CCOC(=O)Cn1cccc(O)c1=O.O=c1[nH]cccc1O. The van der Waals surface area contributed by atoms with Crippen LogP contribution in [0, 0.1) is 0 Å². The molecule has 0 radical (unpaired) electrons. The Balaban J connectivity index is 0.000000255. The van der Waals surface area contributed by atoms with Crippen LogP contribution in [0.3, 0.4) is 0 Å². The average Bonchev–Trinajstić information content (AvgIpc) is 2.48. The van der Waals surface area contributed by atoms with Gasteiger partial charge in [-0.2, -0.15) is 0 Å². The summed E-state index contributed by atoms with van der Waals surface area (Å²) in [6.45, 7) is 1.77. The van der Waals surface area contributed by atoms with Crippen molar-refractivity contribution in [3.8, 4) is 11.5 Å². The zero-order valence-electron chi connectivity index (χ0n) is 11.9. The minimum Gasteiger partial charge on any atom is -0.503 e. The maximum absolute atomic E-state index is 11.2. The van der Waals surface area contributed by atoms with Gasteiger partial charge in [0.25, 0.3) is 11.1 Å². The quantitative estimate of drug-likeness (QED) is 0.696. The molecule has 2 aromatic rings. The molecule has 0 aromatic carbocycles. The molecule has 118 valence electrons. The summed E-state index contributed by atoms with van der Waals surface area (Å²) >= 11 is 0. The van der Waals surface area contributed by atoms with Crippen LogP contribution in [0.4, 0.5) is 0 Å². The van der Waals surface area contributed by atoms with Crippen LogP contribution in [-0.2, 0) is 16.1 Å². The monoisotopic (exact) mass is 308 g/mol. The van der Waals surface area contributed by atoms with Crippen molar-refractivity contribution in [1.82, 2.24) is 9.55 Å². The van der Waals surface area contributed by atoms with E-state index in [0.717, 1.165) is 4.57 Å². The van der Waals surface area contributed by atoms with Gasteiger partial charge in [0.05, 0.1) is 6.61 Å². The first-order chi connectivity index (χ1) is 10.5. The normalized spacial score (nSPS) is 9.50. The van der Waals surface area contributed by atoms with Crippen molar-refractivity contribution >= 4 is 5.97 Å². The maximum Gasteiger partial charge on any atom is 0.326 e. The standard InChI is InChI=1S/C9H11NO4.C5H5NO2/c1-2-14-8(12)6-10-5-3-4-7(11)9(10)13;7-4-2-1-3-6-5(4)8/h3-5,11H,2,6H2,1H3;1-3,7H,(H,6,8). The molecule has 0 fully saturated rings. The summed E-state index contributed by atoms with van der Waals surface area (Å²) in [5, 5.41) is 17.6. The van der Waals surface area contributed by atoms with Crippen molar-refractivity contribution in [2.75, 3.05) is 6.61 Å². The fraction of sp³-hybridized carbons (Fsp3) is 0.214. The topological polar surface area (TPSA) is 122 Å². The van der Waals surface area contributed by atoms with Crippen LogP contribution in [-0.4, -0.2) is 32.3 Å². The van der Waals surface area contributed by atoms with Crippen LogP contribution in [0.15, 0.2) is 46.2 Å². The van der Waals surface area contributed by atoms with E-state index < -0.39 is 17.1 Å². The highest BCUT2D eigenvalue weighted by Gasteiger charge is 2.06. The van der Waals surface area contributed by atoms with Crippen molar-refractivity contribution in [1.29, 1.82) is 0 Å². The number of nitrogens with zero attached hydrogens (tertiary/aromatic N) is 1. The lowest BCUT2D eigenvalue weighted by Gasteiger charge is -2.04. The summed E-state index contributed by atoms with van der Waals surface area (Å²) in [5.41, 5.74) is -1.05. The second kappa shape index (κ2) is 8.30. The number of aromatic hydroxyl groups is 2. The number of carbonyl (C=O) groups is 1. The third-order valence-electron chi connectivity index (χ3n) is 2.40. The molecule has 0 bridgehead atoms. The van der Waals surface area contributed by atoms with Gasteiger partial charge in [0.15, 0.2) is 11.5 Å². The lowest BCUT2D eigenvalue weighted by Crippen LogP contribution is -2.24. The van der Waals surface area contributed by atoms with Gasteiger partial charge in [0.1, 0.15) is 6.54 Å². The molecular formula is C14H16N2O6. The third kappa shape index (κ3) is 5.16. The summed E-state index contributed by atoms with van der Waals surface area (Å²) in [6, 6.07) is 5.63. The molecule has 0 saturated carbocycles. The van der Waals surface area contributed by atoms with Gasteiger partial charge in [0.2, 0.25) is 0 Å². The summed E-state index contributed by atoms with van der Waals surface area (Å²) < 4.78 is 5.75. The summed E-state index contributed by atoms with van der Waals surface area (Å²) in [6.07, 6.45) is 2.88. The van der Waals surface area contributed by atoms with Gasteiger partial charge in [0, 0.05) is 12.4 Å². The lowest BCUT2D eigenvalue weighted by atomic mass is 10.4. The molecular weight excluding hydrogens is 292 g/mol. The van der Waals surface area contributed by atoms with Gasteiger partial charge in [-0.3, -0.25) is 14.4 Å². The average molecular weight is 308 g/mol. The molecule has 2 rings (SSSR count). The zero-order valence-corrected chi connectivity index (χ0v) is 11.9. The number of aromatic amines is 1.